The van der Waals surface area contributed by atoms with Crippen molar-refractivity contribution in [1.82, 2.24) is 15.4 Å². The van der Waals surface area contributed by atoms with Crippen LogP contribution in [0, 0.1) is 0 Å². The fourth-order valence-corrected chi connectivity index (χ4v) is 3.15. The minimum atomic E-state index is 0.310. The van der Waals surface area contributed by atoms with Crippen molar-refractivity contribution in [2.45, 2.75) is 51.4 Å². The summed E-state index contributed by atoms with van der Waals surface area (Å²) in [5.41, 5.74) is 0.847. The first-order valence-electron chi connectivity index (χ1n) is 9.01. The highest BCUT2D eigenvalue weighted by atomic mass is 16.5. The Labute approximate surface area is 143 Å². The third-order valence-electron chi connectivity index (χ3n) is 4.50. The van der Waals surface area contributed by atoms with Gasteiger partial charge in [-0.3, -0.25) is 0 Å². The molecule has 2 saturated heterocycles. The summed E-state index contributed by atoms with van der Waals surface area (Å²) in [6.45, 7) is 7.03. The van der Waals surface area contributed by atoms with Crippen molar-refractivity contribution in [3.63, 3.8) is 0 Å². The topological polar surface area (TPSA) is 72.1 Å². The van der Waals surface area contributed by atoms with Gasteiger partial charge in [0.15, 0.2) is 5.96 Å². The lowest BCUT2D eigenvalue weighted by molar-refractivity contribution is -0.0367. The Kier molecular flexibility index (Phi) is 6.48. The molecular formula is C17H28N4O3. The number of aliphatic imine (C=N–C) groups is 1. The molecule has 0 bridgehead atoms. The van der Waals surface area contributed by atoms with E-state index in [1.165, 1.54) is 6.42 Å². The van der Waals surface area contributed by atoms with Gasteiger partial charge in [0, 0.05) is 32.3 Å². The van der Waals surface area contributed by atoms with Gasteiger partial charge in [0.2, 0.25) is 0 Å². The van der Waals surface area contributed by atoms with Crippen LogP contribution in [0.2, 0.25) is 0 Å². The van der Waals surface area contributed by atoms with E-state index in [0.29, 0.717) is 18.8 Å². The molecule has 1 aromatic rings. The van der Waals surface area contributed by atoms with Crippen LogP contribution in [-0.2, 0) is 16.0 Å². The molecule has 1 atom stereocenters. The number of rotatable bonds is 6. The number of piperidine rings is 1. The van der Waals surface area contributed by atoms with Crippen LogP contribution in [0.4, 0.5) is 0 Å². The number of hydrogen-bond donors (Lipinski definition) is 1. The van der Waals surface area contributed by atoms with Crippen LogP contribution in [0.25, 0.3) is 0 Å². The molecule has 0 aromatic carbocycles. The molecule has 134 valence electrons. The van der Waals surface area contributed by atoms with Crippen LogP contribution in [-0.4, -0.2) is 61.1 Å². The van der Waals surface area contributed by atoms with Crippen LogP contribution < -0.4 is 5.32 Å². The van der Waals surface area contributed by atoms with Crippen LogP contribution in [0.3, 0.4) is 0 Å². The normalized spacial score (nSPS) is 23.0. The molecule has 2 fully saturated rings. The quantitative estimate of drug-likeness (QED) is 0.631. The predicted octanol–water partition coefficient (Wildman–Crippen LogP) is 1.80. The van der Waals surface area contributed by atoms with Gasteiger partial charge in [-0.25, -0.2) is 4.99 Å². The number of ether oxygens (including phenoxy) is 2. The summed E-state index contributed by atoms with van der Waals surface area (Å²) in [5, 5.41) is 7.27. The minimum absolute atomic E-state index is 0.310. The maximum Gasteiger partial charge on any atom is 0.194 e. The average Bonchev–Trinajstić information content (AvgIpc) is 3.31. The first-order valence-corrected chi connectivity index (χ1v) is 9.01. The molecule has 7 heteroatoms. The van der Waals surface area contributed by atoms with Crippen LogP contribution in [0.5, 0.6) is 0 Å². The van der Waals surface area contributed by atoms with Crippen molar-refractivity contribution in [3.05, 3.63) is 18.0 Å². The predicted molar refractivity (Wildman–Crippen MR) is 90.8 cm³/mol. The maximum atomic E-state index is 6.04. The Morgan fingerprint density at radius 2 is 2.29 bits per heavy atom. The van der Waals surface area contributed by atoms with Gasteiger partial charge in [0.25, 0.3) is 0 Å². The number of guanidine groups is 1. The van der Waals surface area contributed by atoms with E-state index < -0.39 is 0 Å². The molecule has 2 aliphatic heterocycles. The molecule has 1 unspecified atom stereocenters. The fourth-order valence-electron chi connectivity index (χ4n) is 3.15. The van der Waals surface area contributed by atoms with E-state index in [1.54, 1.807) is 6.26 Å². The van der Waals surface area contributed by atoms with Crippen molar-refractivity contribution in [2.75, 3.05) is 32.8 Å². The Morgan fingerprint density at radius 1 is 1.42 bits per heavy atom. The van der Waals surface area contributed by atoms with E-state index in [0.717, 1.165) is 63.8 Å². The SMILES string of the molecule is CCNC(=NCc1ccon1)N1CCC(OCC2CCCO2)CC1. The molecule has 0 aliphatic carbocycles. The van der Waals surface area contributed by atoms with Crippen LogP contribution in [0.15, 0.2) is 21.8 Å². The van der Waals surface area contributed by atoms with E-state index in [2.05, 4.69) is 27.3 Å². The summed E-state index contributed by atoms with van der Waals surface area (Å²) >= 11 is 0. The van der Waals surface area contributed by atoms with Crippen molar-refractivity contribution in [3.8, 4) is 0 Å². The number of aromatic nitrogens is 1. The van der Waals surface area contributed by atoms with Gasteiger partial charge in [-0.05, 0) is 32.6 Å². The molecule has 1 N–H and O–H groups in total. The molecule has 0 amide bonds. The lowest BCUT2D eigenvalue weighted by Gasteiger charge is -2.34. The zero-order valence-corrected chi connectivity index (χ0v) is 14.4. The van der Waals surface area contributed by atoms with E-state index in [9.17, 15) is 0 Å². The molecule has 3 heterocycles. The van der Waals surface area contributed by atoms with Crippen molar-refractivity contribution in [1.29, 1.82) is 0 Å². The summed E-state index contributed by atoms with van der Waals surface area (Å²) in [5.74, 6) is 0.943. The summed E-state index contributed by atoms with van der Waals surface area (Å²) < 4.78 is 16.5. The van der Waals surface area contributed by atoms with Gasteiger partial charge in [0.1, 0.15) is 12.0 Å². The third-order valence-corrected chi connectivity index (χ3v) is 4.50. The summed E-state index contributed by atoms with van der Waals surface area (Å²) in [4.78, 5) is 6.96. The largest absolute Gasteiger partial charge is 0.376 e. The summed E-state index contributed by atoms with van der Waals surface area (Å²) in [6.07, 6.45) is 6.59. The Balaban J connectivity index is 1.44. The average molecular weight is 336 g/mol. The number of nitrogens with one attached hydrogen (secondary N) is 1. The fraction of sp³-hybridized carbons (Fsp3) is 0.765. The minimum Gasteiger partial charge on any atom is -0.376 e. The van der Waals surface area contributed by atoms with E-state index >= 15 is 0 Å². The van der Waals surface area contributed by atoms with E-state index in [4.69, 9.17) is 14.0 Å². The van der Waals surface area contributed by atoms with Gasteiger partial charge < -0.3 is 24.2 Å². The van der Waals surface area contributed by atoms with Crippen LogP contribution in [0.1, 0.15) is 38.3 Å². The molecule has 0 radical (unpaired) electrons. The molecule has 3 rings (SSSR count). The highest BCUT2D eigenvalue weighted by molar-refractivity contribution is 5.80. The van der Waals surface area contributed by atoms with Crippen LogP contribution >= 0.6 is 0 Å². The van der Waals surface area contributed by atoms with Gasteiger partial charge in [-0.15, -0.1) is 0 Å². The molecule has 0 spiro atoms. The van der Waals surface area contributed by atoms with Gasteiger partial charge in [-0.1, -0.05) is 5.16 Å². The standard InChI is InChI=1S/C17H28N4O3/c1-2-18-17(19-12-14-7-11-24-20-14)21-8-5-15(6-9-21)23-13-16-4-3-10-22-16/h7,11,15-16H,2-6,8-10,12-13H2,1H3,(H,18,19). The van der Waals surface area contributed by atoms with Crippen molar-refractivity contribution >= 4 is 5.96 Å². The number of likely N-dealkylation sites (tertiary alicyclic amines) is 1. The Hall–Kier alpha value is -1.60. The molecule has 7 nitrogen and oxygen atoms in total. The van der Waals surface area contributed by atoms with E-state index in [1.807, 2.05) is 6.07 Å². The smallest absolute Gasteiger partial charge is 0.194 e. The zero-order chi connectivity index (χ0) is 16.6. The third kappa shape index (κ3) is 4.95. The van der Waals surface area contributed by atoms with Gasteiger partial charge in [-0.2, -0.15) is 0 Å². The maximum absolute atomic E-state index is 6.04. The second-order valence-electron chi connectivity index (χ2n) is 6.32. The van der Waals surface area contributed by atoms with Gasteiger partial charge >= 0.3 is 0 Å². The van der Waals surface area contributed by atoms with E-state index in [-0.39, 0.29) is 0 Å². The number of hydrogen-bond acceptors (Lipinski definition) is 5. The first kappa shape index (κ1) is 17.2. The molecule has 24 heavy (non-hydrogen) atoms. The second-order valence-corrected chi connectivity index (χ2v) is 6.32. The molecule has 0 saturated carbocycles. The lowest BCUT2D eigenvalue weighted by atomic mass is 10.1. The van der Waals surface area contributed by atoms with Crippen molar-refractivity contribution in [2.24, 2.45) is 4.99 Å². The molecule has 2 aliphatic rings. The summed E-state index contributed by atoms with van der Waals surface area (Å²) in [7, 11) is 0. The zero-order valence-electron chi connectivity index (χ0n) is 14.4. The molecule has 1 aromatic heterocycles. The first-order chi connectivity index (χ1) is 11.8. The highest BCUT2D eigenvalue weighted by Crippen LogP contribution is 2.18. The second kappa shape index (κ2) is 9.03. The highest BCUT2D eigenvalue weighted by Gasteiger charge is 2.24. The lowest BCUT2D eigenvalue weighted by Crippen LogP contribution is -2.47. The number of nitrogens with zero attached hydrogens (tertiary/aromatic N) is 3. The van der Waals surface area contributed by atoms with Crippen molar-refractivity contribution < 1.29 is 14.0 Å². The van der Waals surface area contributed by atoms with Gasteiger partial charge in [0.05, 0.1) is 25.4 Å². The summed E-state index contributed by atoms with van der Waals surface area (Å²) in [6, 6.07) is 1.85. The molecular weight excluding hydrogens is 308 g/mol. The monoisotopic (exact) mass is 336 g/mol. The Morgan fingerprint density at radius 3 is 2.96 bits per heavy atom. The Bertz CT molecular complexity index is 492.